The van der Waals surface area contributed by atoms with Crippen molar-refractivity contribution in [1.82, 2.24) is 0 Å². The lowest BCUT2D eigenvalue weighted by atomic mass is 9.84. The van der Waals surface area contributed by atoms with Gasteiger partial charge < -0.3 is 14.6 Å². The molecule has 6 heteroatoms. The number of anilines is 1. The molecule has 198 valence electrons. The third kappa shape index (κ3) is 5.03. The van der Waals surface area contributed by atoms with Crippen LogP contribution in [0.25, 0.3) is 5.76 Å². The Kier molecular flexibility index (Phi) is 7.63. The van der Waals surface area contributed by atoms with Crippen LogP contribution in [0.3, 0.4) is 0 Å². The van der Waals surface area contributed by atoms with E-state index in [1.807, 2.05) is 81.4 Å². The van der Waals surface area contributed by atoms with Crippen molar-refractivity contribution in [2.24, 2.45) is 0 Å². The number of para-hydroxylation sites is 1. The molecule has 3 aromatic rings. The van der Waals surface area contributed by atoms with E-state index >= 15 is 0 Å². The molecule has 38 heavy (non-hydrogen) atoms. The van der Waals surface area contributed by atoms with E-state index in [0.29, 0.717) is 35.8 Å². The summed E-state index contributed by atoms with van der Waals surface area (Å²) in [6, 6.07) is 19.3. The normalized spacial score (nSPS) is 17.1. The molecular weight excluding hydrogens is 478 g/mol. The number of hydrogen-bond acceptors (Lipinski definition) is 5. The zero-order valence-corrected chi connectivity index (χ0v) is 22.9. The van der Waals surface area contributed by atoms with Gasteiger partial charge in [-0.05, 0) is 73.7 Å². The fourth-order valence-corrected chi connectivity index (χ4v) is 4.84. The predicted octanol–water partition coefficient (Wildman–Crippen LogP) is 6.72. The minimum Gasteiger partial charge on any atom is -0.507 e. The first kappa shape index (κ1) is 27.0. The Morgan fingerprint density at radius 2 is 1.58 bits per heavy atom. The van der Waals surface area contributed by atoms with Gasteiger partial charge in [-0.2, -0.15) is 0 Å². The number of rotatable bonds is 7. The molecule has 1 N–H and O–H groups in total. The largest absolute Gasteiger partial charge is 0.507 e. The van der Waals surface area contributed by atoms with E-state index in [1.165, 1.54) is 4.90 Å². The molecule has 1 saturated heterocycles. The van der Waals surface area contributed by atoms with Crippen LogP contribution in [0.1, 0.15) is 62.9 Å². The summed E-state index contributed by atoms with van der Waals surface area (Å²) in [7, 11) is 0. The molecule has 1 unspecified atom stereocenters. The highest BCUT2D eigenvalue weighted by Gasteiger charge is 2.47. The lowest BCUT2D eigenvalue weighted by molar-refractivity contribution is -0.132. The van der Waals surface area contributed by atoms with Crippen LogP contribution < -0.4 is 14.4 Å². The van der Waals surface area contributed by atoms with E-state index in [9.17, 15) is 14.7 Å². The molecule has 0 spiro atoms. The minimum absolute atomic E-state index is 0.0476. The fraction of sp³-hybridized carbons (Fsp3) is 0.312. The highest BCUT2D eigenvalue weighted by atomic mass is 16.5. The number of aryl methyl sites for hydroxylation is 1. The topological polar surface area (TPSA) is 76.1 Å². The summed E-state index contributed by atoms with van der Waals surface area (Å²) >= 11 is 0. The molecule has 0 aromatic heterocycles. The van der Waals surface area contributed by atoms with Crippen molar-refractivity contribution in [3.05, 3.63) is 94.6 Å². The van der Waals surface area contributed by atoms with Crippen molar-refractivity contribution < 1.29 is 24.2 Å². The Balaban J connectivity index is 1.94. The number of aliphatic hydroxyl groups excluding tert-OH is 1. The van der Waals surface area contributed by atoms with Gasteiger partial charge in [-0.15, -0.1) is 0 Å². The van der Waals surface area contributed by atoms with Crippen LogP contribution in [-0.2, 0) is 15.0 Å². The maximum atomic E-state index is 13.6. The van der Waals surface area contributed by atoms with Crippen LogP contribution in [0.2, 0.25) is 0 Å². The summed E-state index contributed by atoms with van der Waals surface area (Å²) in [5, 5.41) is 11.6. The van der Waals surface area contributed by atoms with Crippen LogP contribution in [-0.4, -0.2) is 30.0 Å². The summed E-state index contributed by atoms with van der Waals surface area (Å²) in [6.45, 7) is 12.9. The lowest BCUT2D eigenvalue weighted by Gasteiger charge is -2.27. The molecule has 0 aliphatic carbocycles. The average molecular weight is 514 g/mol. The van der Waals surface area contributed by atoms with E-state index in [1.54, 1.807) is 6.07 Å². The van der Waals surface area contributed by atoms with Crippen molar-refractivity contribution in [3.8, 4) is 11.5 Å². The van der Waals surface area contributed by atoms with E-state index < -0.39 is 17.7 Å². The standard InChI is InChI=1S/C32H35NO5/c1-7-37-23-16-13-21(14-17-23)28-27(30(35)31(36)33(28)25-12-10-9-11-20(25)3)29(34)22-15-18-26(38-8-2)24(19-22)32(4,5)6/h9-19,28,34H,7-8H2,1-6H3/b29-27-. The van der Waals surface area contributed by atoms with Crippen molar-refractivity contribution in [1.29, 1.82) is 0 Å². The Morgan fingerprint density at radius 1 is 0.921 bits per heavy atom. The Labute approximate surface area is 224 Å². The summed E-state index contributed by atoms with van der Waals surface area (Å²) in [6.07, 6.45) is 0. The number of ketones is 1. The Hall–Kier alpha value is -4.06. The van der Waals surface area contributed by atoms with Crippen molar-refractivity contribution in [3.63, 3.8) is 0 Å². The van der Waals surface area contributed by atoms with Gasteiger partial charge in [0.25, 0.3) is 11.7 Å². The molecule has 6 nitrogen and oxygen atoms in total. The van der Waals surface area contributed by atoms with Crippen molar-refractivity contribution in [2.75, 3.05) is 18.1 Å². The van der Waals surface area contributed by atoms with Gasteiger partial charge in [-0.1, -0.05) is 51.1 Å². The van der Waals surface area contributed by atoms with Gasteiger partial charge >= 0.3 is 0 Å². The number of ether oxygens (including phenoxy) is 2. The second kappa shape index (κ2) is 10.7. The van der Waals surface area contributed by atoms with Gasteiger partial charge in [0.2, 0.25) is 0 Å². The third-order valence-electron chi connectivity index (χ3n) is 6.69. The number of benzene rings is 3. The van der Waals surface area contributed by atoms with E-state index in [4.69, 9.17) is 9.47 Å². The molecule has 1 aliphatic heterocycles. The van der Waals surface area contributed by atoms with Gasteiger partial charge in [0, 0.05) is 16.8 Å². The predicted molar refractivity (Wildman–Crippen MR) is 150 cm³/mol. The zero-order chi connectivity index (χ0) is 27.6. The SMILES string of the molecule is CCOc1ccc(C2/C(=C(/O)c3ccc(OCC)c(C(C)(C)C)c3)C(=O)C(=O)N2c2ccccc2C)cc1. The van der Waals surface area contributed by atoms with Gasteiger partial charge in [0.1, 0.15) is 17.3 Å². The number of amides is 1. The zero-order valence-electron chi connectivity index (χ0n) is 22.9. The van der Waals surface area contributed by atoms with Crippen LogP contribution in [0.15, 0.2) is 72.3 Å². The summed E-state index contributed by atoms with van der Waals surface area (Å²) in [5.41, 5.74) is 3.29. The van der Waals surface area contributed by atoms with Gasteiger partial charge in [-0.25, -0.2) is 0 Å². The number of carbonyl (C=O) groups is 2. The highest BCUT2D eigenvalue weighted by Crippen LogP contribution is 2.44. The number of aliphatic hydroxyl groups is 1. The molecule has 0 radical (unpaired) electrons. The van der Waals surface area contributed by atoms with E-state index in [-0.39, 0.29) is 16.7 Å². The fourth-order valence-electron chi connectivity index (χ4n) is 4.84. The number of hydrogen-bond donors (Lipinski definition) is 1. The quantitative estimate of drug-likeness (QED) is 0.216. The molecule has 0 bridgehead atoms. The molecule has 1 amide bonds. The second-order valence-corrected chi connectivity index (χ2v) is 10.4. The molecule has 1 fully saturated rings. The number of carbonyl (C=O) groups excluding carboxylic acids is 2. The molecular formula is C32H35NO5. The lowest BCUT2D eigenvalue weighted by Crippen LogP contribution is -2.30. The first-order valence-corrected chi connectivity index (χ1v) is 13.0. The minimum atomic E-state index is -0.809. The maximum absolute atomic E-state index is 13.6. The second-order valence-electron chi connectivity index (χ2n) is 10.4. The molecule has 1 aliphatic rings. The molecule has 1 atom stereocenters. The Morgan fingerprint density at radius 3 is 2.18 bits per heavy atom. The highest BCUT2D eigenvalue weighted by molar-refractivity contribution is 6.51. The third-order valence-corrected chi connectivity index (χ3v) is 6.69. The molecule has 1 heterocycles. The molecule has 0 saturated carbocycles. The van der Waals surface area contributed by atoms with Crippen molar-refractivity contribution >= 4 is 23.1 Å². The van der Waals surface area contributed by atoms with E-state index in [0.717, 1.165) is 16.9 Å². The van der Waals surface area contributed by atoms with Gasteiger partial charge in [-0.3, -0.25) is 14.5 Å². The molecule has 4 rings (SSSR count). The first-order chi connectivity index (χ1) is 18.1. The number of Topliss-reactive ketones (excluding diaryl/α,β-unsaturated/α-hetero) is 1. The smallest absolute Gasteiger partial charge is 0.300 e. The van der Waals surface area contributed by atoms with E-state index in [2.05, 4.69) is 20.8 Å². The number of nitrogens with zero attached hydrogens (tertiary/aromatic N) is 1. The first-order valence-electron chi connectivity index (χ1n) is 13.0. The Bertz CT molecular complexity index is 1380. The maximum Gasteiger partial charge on any atom is 0.300 e. The average Bonchev–Trinajstić information content (AvgIpc) is 3.14. The summed E-state index contributed by atoms with van der Waals surface area (Å²) in [5.74, 6) is -0.213. The summed E-state index contributed by atoms with van der Waals surface area (Å²) in [4.78, 5) is 28.6. The van der Waals surface area contributed by atoms with Crippen molar-refractivity contribution in [2.45, 2.75) is 53.0 Å². The van der Waals surface area contributed by atoms with Gasteiger partial charge in [0.05, 0.1) is 24.8 Å². The summed E-state index contributed by atoms with van der Waals surface area (Å²) < 4.78 is 11.4. The van der Waals surface area contributed by atoms with Crippen LogP contribution >= 0.6 is 0 Å². The molecule has 3 aromatic carbocycles. The monoisotopic (exact) mass is 513 g/mol. The van der Waals surface area contributed by atoms with Crippen LogP contribution in [0, 0.1) is 6.92 Å². The van der Waals surface area contributed by atoms with Crippen LogP contribution in [0.4, 0.5) is 5.69 Å². The van der Waals surface area contributed by atoms with Crippen LogP contribution in [0.5, 0.6) is 11.5 Å². The van der Waals surface area contributed by atoms with Gasteiger partial charge in [0.15, 0.2) is 0 Å².